The lowest BCUT2D eigenvalue weighted by molar-refractivity contribution is 0.601. The Bertz CT molecular complexity index is 705. The van der Waals surface area contributed by atoms with Gasteiger partial charge in [-0.15, -0.1) is 0 Å². The molecule has 0 radical (unpaired) electrons. The molecule has 0 aliphatic carbocycles. The van der Waals surface area contributed by atoms with E-state index in [4.69, 9.17) is 10.5 Å². The second-order valence-electron chi connectivity index (χ2n) is 7.71. The fourth-order valence-corrected chi connectivity index (χ4v) is 2.79. The zero-order valence-corrected chi connectivity index (χ0v) is 18.8. The lowest BCUT2D eigenvalue weighted by Crippen LogP contribution is -2.23. The Hall–Kier alpha value is -2.77. The summed E-state index contributed by atoms with van der Waals surface area (Å²) in [6.07, 6.45) is 7.64. The fourth-order valence-electron chi connectivity index (χ4n) is 2.79. The first-order valence-electron chi connectivity index (χ1n) is 10.7. The summed E-state index contributed by atoms with van der Waals surface area (Å²) in [6.45, 7) is 12.8. The highest BCUT2D eigenvalue weighted by molar-refractivity contribution is 5.84. The third-order valence-corrected chi connectivity index (χ3v) is 4.27. The van der Waals surface area contributed by atoms with Crippen molar-refractivity contribution < 1.29 is 0 Å². The summed E-state index contributed by atoms with van der Waals surface area (Å²) in [7, 11) is 0. The van der Waals surface area contributed by atoms with Crippen LogP contribution in [0, 0.1) is 39.9 Å². The number of hydrogen-bond donors (Lipinski definition) is 0. The highest BCUT2D eigenvalue weighted by atomic mass is 15.1. The fraction of sp³-hybridized carbons (Fsp3) is 0.560. The van der Waals surface area contributed by atoms with Gasteiger partial charge < -0.3 is 4.90 Å². The SMILES string of the molecule is CC(C)C.CCCCCCCCN(CC)c1ccc(C(C#N)=C(C#N)C#N)cc1. The number of allylic oxidation sites excluding steroid dienone is 2. The van der Waals surface area contributed by atoms with Crippen LogP contribution in [0.1, 0.15) is 78.7 Å². The molecule has 0 amide bonds. The van der Waals surface area contributed by atoms with Crippen LogP contribution >= 0.6 is 0 Å². The number of hydrogen-bond acceptors (Lipinski definition) is 4. The molecule has 0 fully saturated rings. The quantitative estimate of drug-likeness (QED) is 0.322. The van der Waals surface area contributed by atoms with Gasteiger partial charge in [-0.25, -0.2) is 0 Å². The van der Waals surface area contributed by atoms with E-state index < -0.39 is 0 Å². The van der Waals surface area contributed by atoms with Gasteiger partial charge >= 0.3 is 0 Å². The summed E-state index contributed by atoms with van der Waals surface area (Å²) < 4.78 is 0. The van der Waals surface area contributed by atoms with Crippen molar-refractivity contribution in [1.82, 2.24) is 0 Å². The predicted octanol–water partition coefficient (Wildman–Crippen LogP) is 6.86. The highest BCUT2D eigenvalue weighted by Crippen LogP contribution is 2.22. The van der Waals surface area contributed by atoms with Crippen molar-refractivity contribution in [2.24, 2.45) is 5.92 Å². The zero-order chi connectivity index (χ0) is 22.1. The molecular weight excluding hydrogens is 356 g/mol. The van der Waals surface area contributed by atoms with E-state index in [0.717, 1.165) is 24.7 Å². The average Bonchev–Trinajstić information content (AvgIpc) is 2.71. The van der Waals surface area contributed by atoms with Crippen molar-refractivity contribution >= 4 is 11.3 Å². The summed E-state index contributed by atoms with van der Waals surface area (Å²) in [5.74, 6) is 0.833. The van der Waals surface area contributed by atoms with Crippen LogP contribution in [-0.2, 0) is 0 Å². The first-order valence-corrected chi connectivity index (χ1v) is 10.7. The molecule has 1 aromatic rings. The van der Waals surface area contributed by atoms with E-state index >= 15 is 0 Å². The molecule has 156 valence electrons. The van der Waals surface area contributed by atoms with Crippen LogP contribution in [0.2, 0.25) is 0 Å². The van der Waals surface area contributed by atoms with Crippen LogP contribution in [0.4, 0.5) is 5.69 Å². The molecule has 29 heavy (non-hydrogen) atoms. The summed E-state index contributed by atoms with van der Waals surface area (Å²) in [5, 5.41) is 27.1. The molecule has 0 N–H and O–H groups in total. The van der Waals surface area contributed by atoms with Gasteiger partial charge in [0.05, 0.1) is 5.57 Å². The maximum atomic E-state index is 9.22. The molecule has 0 aromatic heterocycles. The Labute approximate surface area is 178 Å². The molecule has 0 bridgehead atoms. The Balaban J connectivity index is 0.00000178. The lowest BCUT2D eigenvalue weighted by Gasteiger charge is -2.23. The molecule has 1 aromatic carbocycles. The Morgan fingerprint density at radius 2 is 1.34 bits per heavy atom. The summed E-state index contributed by atoms with van der Waals surface area (Å²) in [5.41, 5.74) is 1.71. The van der Waals surface area contributed by atoms with Crippen LogP contribution in [-0.4, -0.2) is 13.1 Å². The van der Waals surface area contributed by atoms with Crippen molar-refractivity contribution in [2.45, 2.75) is 73.1 Å². The van der Waals surface area contributed by atoms with Gasteiger partial charge in [0.1, 0.15) is 23.8 Å². The van der Waals surface area contributed by atoms with Crippen LogP contribution in [0.15, 0.2) is 29.8 Å². The van der Waals surface area contributed by atoms with E-state index in [1.807, 2.05) is 30.3 Å². The minimum Gasteiger partial charge on any atom is -0.372 e. The average molecular weight is 393 g/mol. The minimum atomic E-state index is -0.144. The standard InChI is InChI=1S/C21H26N4.C4H10/c1-3-5-6-7-8-9-14-25(4-2)20-12-10-18(11-13-20)21(17-24)19(15-22)16-23;1-4(2)3/h10-13H,3-9,14H2,1-2H3;4H,1-3H3. The topological polar surface area (TPSA) is 74.6 Å². The third kappa shape index (κ3) is 11.0. The van der Waals surface area contributed by atoms with Crippen LogP contribution in [0.5, 0.6) is 0 Å². The smallest absolute Gasteiger partial charge is 0.148 e. The van der Waals surface area contributed by atoms with Crippen LogP contribution in [0.25, 0.3) is 5.57 Å². The van der Waals surface area contributed by atoms with Crippen LogP contribution < -0.4 is 4.90 Å². The maximum Gasteiger partial charge on any atom is 0.148 e. The molecule has 0 heterocycles. The molecule has 4 heteroatoms. The summed E-state index contributed by atoms with van der Waals surface area (Å²) in [4.78, 5) is 2.31. The van der Waals surface area contributed by atoms with Gasteiger partial charge in [0.15, 0.2) is 0 Å². The molecule has 0 unspecified atom stereocenters. The van der Waals surface area contributed by atoms with E-state index in [1.165, 1.54) is 38.5 Å². The number of anilines is 1. The maximum absolute atomic E-state index is 9.22. The number of rotatable bonds is 10. The first-order chi connectivity index (χ1) is 13.9. The second-order valence-corrected chi connectivity index (χ2v) is 7.71. The van der Waals surface area contributed by atoms with Gasteiger partial charge in [-0.05, 0) is 37.0 Å². The Morgan fingerprint density at radius 3 is 1.79 bits per heavy atom. The molecule has 0 saturated carbocycles. The van der Waals surface area contributed by atoms with E-state index in [0.29, 0.717) is 5.56 Å². The number of benzene rings is 1. The van der Waals surface area contributed by atoms with Crippen LogP contribution in [0.3, 0.4) is 0 Å². The summed E-state index contributed by atoms with van der Waals surface area (Å²) in [6, 6.07) is 13.1. The van der Waals surface area contributed by atoms with Gasteiger partial charge in [0.2, 0.25) is 0 Å². The molecule has 0 saturated heterocycles. The highest BCUT2D eigenvalue weighted by Gasteiger charge is 2.10. The molecule has 4 nitrogen and oxygen atoms in total. The number of nitriles is 3. The van der Waals surface area contributed by atoms with Gasteiger partial charge in [-0.3, -0.25) is 0 Å². The Morgan fingerprint density at radius 1 is 0.828 bits per heavy atom. The van der Waals surface area contributed by atoms with Gasteiger partial charge in [0.25, 0.3) is 0 Å². The zero-order valence-electron chi connectivity index (χ0n) is 18.8. The van der Waals surface area contributed by atoms with Gasteiger partial charge in [-0.2, -0.15) is 15.8 Å². The monoisotopic (exact) mass is 392 g/mol. The second kappa shape index (κ2) is 16.2. The molecule has 0 aliphatic heterocycles. The molecule has 0 spiro atoms. The van der Waals surface area contributed by atoms with Gasteiger partial charge in [0, 0.05) is 18.8 Å². The predicted molar refractivity (Wildman–Crippen MR) is 122 cm³/mol. The first kappa shape index (κ1) is 26.2. The van der Waals surface area contributed by atoms with Crippen molar-refractivity contribution in [3.8, 4) is 18.2 Å². The summed E-state index contributed by atoms with van der Waals surface area (Å²) >= 11 is 0. The molecular formula is C25H36N4. The van der Waals surface area contributed by atoms with E-state index in [9.17, 15) is 5.26 Å². The molecule has 0 aliphatic rings. The molecule has 0 atom stereocenters. The van der Waals surface area contributed by atoms with Crippen molar-refractivity contribution in [2.75, 3.05) is 18.0 Å². The van der Waals surface area contributed by atoms with E-state index in [1.54, 1.807) is 12.1 Å². The van der Waals surface area contributed by atoms with Crippen molar-refractivity contribution in [3.05, 3.63) is 35.4 Å². The van der Waals surface area contributed by atoms with Crippen molar-refractivity contribution in [3.63, 3.8) is 0 Å². The lowest BCUT2D eigenvalue weighted by atomic mass is 10.0. The normalized spacial score (nSPS) is 9.48. The van der Waals surface area contributed by atoms with Gasteiger partial charge in [-0.1, -0.05) is 71.9 Å². The van der Waals surface area contributed by atoms with E-state index in [2.05, 4.69) is 39.5 Å². The Kier molecular flexibility index (Phi) is 14.7. The number of nitrogens with zero attached hydrogens (tertiary/aromatic N) is 4. The minimum absolute atomic E-state index is 0.135. The third-order valence-electron chi connectivity index (χ3n) is 4.27. The number of unbranched alkanes of at least 4 members (excludes halogenated alkanes) is 5. The largest absolute Gasteiger partial charge is 0.372 e. The van der Waals surface area contributed by atoms with Crippen molar-refractivity contribution in [1.29, 1.82) is 15.8 Å². The van der Waals surface area contributed by atoms with E-state index in [-0.39, 0.29) is 11.1 Å². The molecule has 1 rings (SSSR count).